The van der Waals surface area contributed by atoms with Crippen molar-refractivity contribution in [3.05, 3.63) is 41.7 Å². The summed E-state index contributed by atoms with van der Waals surface area (Å²) in [6.45, 7) is 8.14. The Bertz CT molecular complexity index is 950. The molecule has 33 heavy (non-hydrogen) atoms. The van der Waals surface area contributed by atoms with Crippen LogP contribution in [-0.2, 0) is 4.79 Å². The number of benzene rings is 1. The van der Waals surface area contributed by atoms with Gasteiger partial charge in [-0.2, -0.15) is 5.10 Å². The number of piperidine rings is 2. The first kappa shape index (κ1) is 23.6. The number of amides is 1. The zero-order valence-electron chi connectivity index (χ0n) is 19.1. The Morgan fingerprint density at radius 3 is 2.45 bits per heavy atom. The predicted molar refractivity (Wildman–Crippen MR) is 118 cm³/mol. The molecule has 0 bridgehead atoms. The van der Waals surface area contributed by atoms with Gasteiger partial charge in [-0.25, -0.2) is 4.68 Å². The van der Waals surface area contributed by atoms with Gasteiger partial charge in [-0.1, -0.05) is 6.92 Å². The largest absolute Gasteiger partial charge is 0.573 e. The number of hydrogen-bond donors (Lipinski definition) is 0. The molecule has 2 aromatic rings. The van der Waals surface area contributed by atoms with E-state index >= 15 is 0 Å². The number of carbonyl (C=O) groups excluding carboxylic acids is 1. The standard InChI is InChI=1S/C24H31F3N4O2/c1-17-4-3-11-29(15-17)16-23(32)30-12-9-19(10-13-30)22-14-18(2)31(28-22)20-5-7-21(8-6-20)33-24(25,26)27/h5-8,14,17,19H,3-4,9-13,15-16H2,1-2H3. The van der Waals surface area contributed by atoms with Gasteiger partial charge in [-0.05, 0) is 75.4 Å². The molecule has 0 aliphatic carbocycles. The van der Waals surface area contributed by atoms with E-state index in [0.29, 0.717) is 18.2 Å². The van der Waals surface area contributed by atoms with Crippen LogP contribution in [0.2, 0.25) is 0 Å². The fraction of sp³-hybridized carbons (Fsp3) is 0.583. The van der Waals surface area contributed by atoms with Gasteiger partial charge in [0.15, 0.2) is 0 Å². The number of rotatable bonds is 5. The number of hydrogen-bond acceptors (Lipinski definition) is 4. The molecule has 1 amide bonds. The van der Waals surface area contributed by atoms with Gasteiger partial charge in [-0.15, -0.1) is 13.2 Å². The Kier molecular flexibility index (Phi) is 6.97. The van der Waals surface area contributed by atoms with Gasteiger partial charge in [0.05, 0.1) is 17.9 Å². The molecule has 1 unspecified atom stereocenters. The number of alkyl halides is 3. The molecule has 0 N–H and O–H groups in total. The third-order valence-corrected chi connectivity index (χ3v) is 6.59. The van der Waals surface area contributed by atoms with Crippen LogP contribution < -0.4 is 4.74 Å². The van der Waals surface area contributed by atoms with Crippen LogP contribution in [-0.4, -0.2) is 64.6 Å². The lowest BCUT2D eigenvalue weighted by Gasteiger charge is -2.35. The number of likely N-dealkylation sites (tertiary alicyclic amines) is 2. The minimum absolute atomic E-state index is 0.213. The lowest BCUT2D eigenvalue weighted by Crippen LogP contribution is -2.46. The highest BCUT2D eigenvalue weighted by molar-refractivity contribution is 5.78. The van der Waals surface area contributed by atoms with Crippen LogP contribution >= 0.6 is 0 Å². The summed E-state index contributed by atoms with van der Waals surface area (Å²) in [4.78, 5) is 17.0. The van der Waals surface area contributed by atoms with Crippen LogP contribution in [0.25, 0.3) is 5.69 Å². The first-order valence-corrected chi connectivity index (χ1v) is 11.6. The van der Waals surface area contributed by atoms with Crippen molar-refractivity contribution in [3.8, 4) is 11.4 Å². The molecule has 9 heteroatoms. The van der Waals surface area contributed by atoms with Crippen LogP contribution in [0.5, 0.6) is 5.75 Å². The molecule has 3 heterocycles. The van der Waals surface area contributed by atoms with Crippen molar-refractivity contribution in [1.29, 1.82) is 0 Å². The molecular weight excluding hydrogens is 433 g/mol. The van der Waals surface area contributed by atoms with E-state index in [1.54, 1.807) is 16.8 Å². The minimum atomic E-state index is -4.71. The summed E-state index contributed by atoms with van der Waals surface area (Å²) in [6.07, 6.45) is -0.586. The monoisotopic (exact) mass is 464 g/mol. The maximum Gasteiger partial charge on any atom is 0.573 e. The zero-order chi connectivity index (χ0) is 23.6. The average Bonchev–Trinajstić information content (AvgIpc) is 3.15. The van der Waals surface area contributed by atoms with Crippen LogP contribution in [0.3, 0.4) is 0 Å². The van der Waals surface area contributed by atoms with Gasteiger partial charge < -0.3 is 9.64 Å². The Hall–Kier alpha value is -2.55. The molecular formula is C24H31F3N4O2. The van der Waals surface area contributed by atoms with E-state index in [1.807, 2.05) is 17.9 Å². The Labute approximate surface area is 192 Å². The predicted octanol–water partition coefficient (Wildman–Crippen LogP) is 4.52. The molecule has 0 radical (unpaired) electrons. The highest BCUT2D eigenvalue weighted by Gasteiger charge is 2.31. The number of carbonyl (C=O) groups is 1. The van der Waals surface area contributed by atoms with Gasteiger partial charge in [0.2, 0.25) is 5.91 Å². The van der Waals surface area contributed by atoms with Gasteiger partial charge in [0.1, 0.15) is 5.75 Å². The second kappa shape index (κ2) is 9.75. The minimum Gasteiger partial charge on any atom is -0.406 e. The summed E-state index contributed by atoms with van der Waals surface area (Å²) in [5, 5.41) is 4.72. The first-order valence-electron chi connectivity index (χ1n) is 11.6. The van der Waals surface area contributed by atoms with Crippen molar-refractivity contribution in [2.75, 3.05) is 32.7 Å². The number of nitrogens with zero attached hydrogens (tertiary/aromatic N) is 4. The summed E-state index contributed by atoms with van der Waals surface area (Å²) < 4.78 is 42.8. The quantitative estimate of drug-likeness (QED) is 0.653. The summed E-state index contributed by atoms with van der Waals surface area (Å²) >= 11 is 0. The summed E-state index contributed by atoms with van der Waals surface area (Å²) in [5.74, 6) is 0.874. The molecule has 2 aliphatic rings. The second-order valence-electron chi connectivity index (χ2n) is 9.30. The smallest absolute Gasteiger partial charge is 0.406 e. The Balaban J connectivity index is 1.34. The molecule has 4 rings (SSSR count). The van der Waals surface area contributed by atoms with Crippen molar-refractivity contribution < 1.29 is 22.7 Å². The highest BCUT2D eigenvalue weighted by atomic mass is 19.4. The first-order chi connectivity index (χ1) is 15.7. The van der Waals surface area contributed by atoms with Crippen LogP contribution in [0.15, 0.2) is 30.3 Å². The molecule has 2 fully saturated rings. The van der Waals surface area contributed by atoms with E-state index in [9.17, 15) is 18.0 Å². The maximum atomic E-state index is 12.8. The van der Waals surface area contributed by atoms with Crippen LogP contribution in [0.4, 0.5) is 13.2 Å². The molecule has 180 valence electrons. The molecule has 6 nitrogen and oxygen atoms in total. The summed E-state index contributed by atoms with van der Waals surface area (Å²) in [5.41, 5.74) is 2.55. The van der Waals surface area contributed by atoms with E-state index in [1.165, 1.54) is 18.6 Å². The molecule has 2 saturated heterocycles. The van der Waals surface area contributed by atoms with Gasteiger partial charge in [0.25, 0.3) is 0 Å². The molecule has 2 aliphatic heterocycles. The van der Waals surface area contributed by atoms with Crippen molar-refractivity contribution in [3.63, 3.8) is 0 Å². The number of aromatic nitrogens is 2. The van der Waals surface area contributed by atoms with Crippen molar-refractivity contribution >= 4 is 5.91 Å². The van der Waals surface area contributed by atoms with Crippen LogP contribution in [0.1, 0.15) is 49.9 Å². The normalized spacial score (nSPS) is 20.8. The van der Waals surface area contributed by atoms with E-state index in [-0.39, 0.29) is 17.6 Å². The van der Waals surface area contributed by atoms with Gasteiger partial charge in [-0.3, -0.25) is 9.69 Å². The molecule has 0 spiro atoms. The van der Waals surface area contributed by atoms with E-state index in [0.717, 1.165) is 56.8 Å². The number of halogens is 3. The van der Waals surface area contributed by atoms with Gasteiger partial charge in [0, 0.05) is 31.2 Å². The van der Waals surface area contributed by atoms with Crippen molar-refractivity contribution in [2.24, 2.45) is 5.92 Å². The lowest BCUT2D eigenvalue weighted by molar-refractivity contribution is -0.274. The maximum absolute atomic E-state index is 12.8. The fourth-order valence-electron chi connectivity index (χ4n) is 4.89. The molecule has 1 aromatic carbocycles. The number of aryl methyl sites for hydroxylation is 1. The average molecular weight is 465 g/mol. The van der Waals surface area contributed by atoms with Gasteiger partial charge >= 0.3 is 6.36 Å². The molecule has 1 aromatic heterocycles. The third-order valence-electron chi connectivity index (χ3n) is 6.59. The third kappa shape index (κ3) is 6.07. The van der Waals surface area contributed by atoms with E-state index in [2.05, 4.69) is 16.6 Å². The fourth-order valence-corrected chi connectivity index (χ4v) is 4.89. The topological polar surface area (TPSA) is 50.6 Å². The second-order valence-corrected chi connectivity index (χ2v) is 9.30. The Morgan fingerprint density at radius 1 is 1.12 bits per heavy atom. The van der Waals surface area contributed by atoms with E-state index in [4.69, 9.17) is 5.10 Å². The summed E-state index contributed by atoms with van der Waals surface area (Å²) in [6, 6.07) is 7.73. The highest BCUT2D eigenvalue weighted by Crippen LogP contribution is 2.29. The summed E-state index contributed by atoms with van der Waals surface area (Å²) in [7, 11) is 0. The Morgan fingerprint density at radius 2 is 1.82 bits per heavy atom. The van der Waals surface area contributed by atoms with Crippen LogP contribution in [0, 0.1) is 12.8 Å². The number of ether oxygens (including phenoxy) is 1. The van der Waals surface area contributed by atoms with Crippen molar-refractivity contribution in [1.82, 2.24) is 19.6 Å². The van der Waals surface area contributed by atoms with Crippen molar-refractivity contribution in [2.45, 2.75) is 51.8 Å². The molecule has 0 saturated carbocycles. The molecule has 1 atom stereocenters. The van der Waals surface area contributed by atoms with E-state index < -0.39 is 6.36 Å². The lowest BCUT2D eigenvalue weighted by atomic mass is 9.93. The zero-order valence-corrected chi connectivity index (χ0v) is 19.1. The SMILES string of the molecule is Cc1cc(C2CCN(C(=O)CN3CCCC(C)C3)CC2)nn1-c1ccc(OC(F)(F)F)cc1.